The highest BCUT2D eigenvalue weighted by Crippen LogP contribution is 2.35. The van der Waals surface area contributed by atoms with Gasteiger partial charge in [-0.05, 0) is 18.6 Å². The number of alkyl halides is 2. The fraction of sp³-hybridized carbons (Fsp3) is 0.278. The average molecular weight is 335 g/mol. The summed E-state index contributed by atoms with van der Waals surface area (Å²) >= 11 is 0. The Morgan fingerprint density at radius 2 is 1.75 bits per heavy atom. The predicted molar refractivity (Wildman–Crippen MR) is 85.7 cm³/mol. The molecule has 0 heterocycles. The van der Waals surface area contributed by atoms with Crippen molar-refractivity contribution < 1.29 is 23.0 Å². The van der Waals surface area contributed by atoms with E-state index in [2.05, 4.69) is 4.74 Å². The Morgan fingerprint density at radius 3 is 2.42 bits per heavy atom. The molecule has 0 bridgehead atoms. The minimum Gasteiger partial charge on any atom is -0.489 e. The molecule has 0 fully saturated rings. The number of para-hydroxylation sites is 1. The molecular formula is C18H19F2NO3. The molecule has 6 heteroatoms. The van der Waals surface area contributed by atoms with E-state index in [4.69, 9.17) is 10.5 Å². The normalized spacial score (nSPS) is 12.5. The van der Waals surface area contributed by atoms with Crippen molar-refractivity contribution in [3.8, 4) is 5.75 Å². The fourth-order valence-corrected chi connectivity index (χ4v) is 2.15. The topological polar surface area (TPSA) is 61.5 Å². The van der Waals surface area contributed by atoms with Crippen molar-refractivity contribution in [2.45, 2.75) is 25.5 Å². The Balaban J connectivity index is 2.19. The molecule has 128 valence electrons. The summed E-state index contributed by atoms with van der Waals surface area (Å²) in [6.45, 7) is 1.51. The van der Waals surface area contributed by atoms with Crippen LogP contribution in [0.1, 0.15) is 24.1 Å². The maximum atomic E-state index is 14.2. The second-order valence-corrected chi connectivity index (χ2v) is 5.13. The Bertz CT molecular complexity index is 677. The minimum atomic E-state index is -3.85. The van der Waals surface area contributed by atoms with Gasteiger partial charge in [0.25, 0.3) is 0 Å². The van der Waals surface area contributed by atoms with Crippen molar-refractivity contribution in [2.75, 3.05) is 6.61 Å². The first-order valence-electron chi connectivity index (χ1n) is 7.53. The van der Waals surface area contributed by atoms with Crippen LogP contribution in [-0.2, 0) is 16.1 Å². The summed E-state index contributed by atoms with van der Waals surface area (Å²) < 4.78 is 38.4. The number of hydrogen-bond donors (Lipinski definition) is 1. The lowest BCUT2D eigenvalue weighted by Gasteiger charge is -2.23. The SMILES string of the molecule is CCOC(=O)C(F)(F)[C@H](N)c1ccccc1OCc1ccccc1. The highest BCUT2D eigenvalue weighted by molar-refractivity contribution is 5.79. The van der Waals surface area contributed by atoms with Gasteiger partial charge >= 0.3 is 11.9 Å². The van der Waals surface area contributed by atoms with Gasteiger partial charge in [-0.25, -0.2) is 4.79 Å². The molecule has 0 aromatic heterocycles. The lowest BCUT2D eigenvalue weighted by molar-refractivity contribution is -0.174. The highest BCUT2D eigenvalue weighted by Gasteiger charge is 2.48. The lowest BCUT2D eigenvalue weighted by Crippen LogP contribution is -2.41. The van der Waals surface area contributed by atoms with Crippen LogP contribution < -0.4 is 10.5 Å². The second kappa shape index (κ2) is 7.88. The molecule has 0 saturated carbocycles. The Labute approximate surface area is 139 Å². The Kier molecular flexibility index (Phi) is 5.87. The van der Waals surface area contributed by atoms with E-state index in [0.29, 0.717) is 0 Å². The van der Waals surface area contributed by atoms with E-state index in [0.717, 1.165) is 5.56 Å². The van der Waals surface area contributed by atoms with Crippen LogP contribution in [0.2, 0.25) is 0 Å². The van der Waals surface area contributed by atoms with Gasteiger partial charge in [0, 0.05) is 5.56 Å². The van der Waals surface area contributed by atoms with Gasteiger partial charge < -0.3 is 15.2 Å². The summed E-state index contributed by atoms with van der Waals surface area (Å²) in [5.41, 5.74) is 6.58. The van der Waals surface area contributed by atoms with Crippen molar-refractivity contribution >= 4 is 5.97 Å². The van der Waals surface area contributed by atoms with Crippen LogP contribution in [0.3, 0.4) is 0 Å². The molecule has 0 aliphatic heterocycles. The molecule has 2 N–H and O–H groups in total. The van der Waals surface area contributed by atoms with Gasteiger partial charge in [0.05, 0.1) is 6.61 Å². The summed E-state index contributed by atoms with van der Waals surface area (Å²) in [6, 6.07) is 13.6. The number of esters is 1. The zero-order valence-corrected chi connectivity index (χ0v) is 13.2. The van der Waals surface area contributed by atoms with Crippen LogP contribution in [-0.4, -0.2) is 18.5 Å². The van der Waals surface area contributed by atoms with Gasteiger partial charge in [0.1, 0.15) is 18.4 Å². The van der Waals surface area contributed by atoms with E-state index in [9.17, 15) is 13.6 Å². The molecule has 24 heavy (non-hydrogen) atoms. The number of halogens is 2. The number of ether oxygens (including phenoxy) is 2. The van der Waals surface area contributed by atoms with Crippen molar-refractivity contribution in [3.63, 3.8) is 0 Å². The van der Waals surface area contributed by atoms with Crippen LogP contribution in [0.4, 0.5) is 8.78 Å². The predicted octanol–water partition coefficient (Wildman–Crippen LogP) is 3.46. The summed E-state index contributed by atoms with van der Waals surface area (Å²) in [7, 11) is 0. The number of hydrogen-bond acceptors (Lipinski definition) is 4. The van der Waals surface area contributed by atoms with Gasteiger partial charge in [-0.3, -0.25) is 0 Å². The molecule has 1 atom stereocenters. The lowest BCUT2D eigenvalue weighted by atomic mass is 10.0. The van der Waals surface area contributed by atoms with Crippen molar-refractivity contribution in [2.24, 2.45) is 5.73 Å². The zero-order chi connectivity index (χ0) is 17.6. The van der Waals surface area contributed by atoms with Gasteiger partial charge in [0.2, 0.25) is 0 Å². The van der Waals surface area contributed by atoms with E-state index in [1.54, 1.807) is 18.2 Å². The third kappa shape index (κ3) is 4.08. The summed E-state index contributed by atoms with van der Waals surface area (Å²) in [5.74, 6) is -5.28. The molecule has 2 aromatic rings. The number of benzene rings is 2. The molecule has 0 radical (unpaired) electrons. The molecule has 0 unspecified atom stereocenters. The first kappa shape index (κ1) is 17.9. The minimum absolute atomic E-state index is 0.0477. The molecular weight excluding hydrogens is 316 g/mol. The van der Waals surface area contributed by atoms with E-state index in [-0.39, 0.29) is 24.5 Å². The van der Waals surface area contributed by atoms with Crippen molar-refractivity contribution in [3.05, 3.63) is 65.7 Å². The third-order valence-electron chi connectivity index (χ3n) is 3.43. The quantitative estimate of drug-likeness (QED) is 0.787. The van der Waals surface area contributed by atoms with Crippen LogP contribution in [0, 0.1) is 0 Å². The van der Waals surface area contributed by atoms with Crippen molar-refractivity contribution in [1.82, 2.24) is 0 Å². The van der Waals surface area contributed by atoms with Crippen molar-refractivity contribution in [1.29, 1.82) is 0 Å². The van der Waals surface area contributed by atoms with Gasteiger partial charge in [-0.2, -0.15) is 8.78 Å². The van der Waals surface area contributed by atoms with Crippen LogP contribution in [0.15, 0.2) is 54.6 Å². The number of carbonyl (C=O) groups is 1. The maximum Gasteiger partial charge on any atom is 0.379 e. The molecule has 0 amide bonds. The molecule has 4 nitrogen and oxygen atoms in total. The maximum absolute atomic E-state index is 14.2. The van der Waals surface area contributed by atoms with Gasteiger partial charge in [-0.15, -0.1) is 0 Å². The highest BCUT2D eigenvalue weighted by atomic mass is 19.3. The number of nitrogens with two attached hydrogens (primary N) is 1. The van der Waals surface area contributed by atoms with E-state index >= 15 is 0 Å². The largest absolute Gasteiger partial charge is 0.489 e. The fourth-order valence-electron chi connectivity index (χ4n) is 2.15. The Morgan fingerprint density at radius 1 is 1.12 bits per heavy atom. The first-order valence-corrected chi connectivity index (χ1v) is 7.53. The summed E-state index contributed by atoms with van der Waals surface area (Å²) in [5, 5.41) is 0. The molecule has 0 spiro atoms. The van der Waals surface area contributed by atoms with Gasteiger partial charge in [0.15, 0.2) is 0 Å². The van der Waals surface area contributed by atoms with Gasteiger partial charge in [-0.1, -0.05) is 48.5 Å². The van der Waals surface area contributed by atoms with Crippen LogP contribution in [0.25, 0.3) is 0 Å². The summed E-state index contributed by atoms with van der Waals surface area (Å²) in [4.78, 5) is 11.5. The smallest absolute Gasteiger partial charge is 0.379 e. The monoisotopic (exact) mass is 335 g/mol. The molecule has 0 saturated heterocycles. The van der Waals surface area contributed by atoms with E-state index in [1.807, 2.05) is 30.3 Å². The number of carbonyl (C=O) groups excluding carboxylic acids is 1. The van der Waals surface area contributed by atoms with E-state index < -0.39 is 17.9 Å². The first-order chi connectivity index (χ1) is 11.5. The van der Waals surface area contributed by atoms with Crippen LogP contribution >= 0.6 is 0 Å². The standard InChI is InChI=1S/C18H19F2NO3/c1-2-23-17(22)18(19,20)16(21)14-10-6-7-11-15(14)24-12-13-8-4-3-5-9-13/h3-11,16H,2,12,21H2,1H3/t16-/m1/s1. The second-order valence-electron chi connectivity index (χ2n) is 5.13. The van der Waals surface area contributed by atoms with Crippen LogP contribution in [0.5, 0.6) is 5.75 Å². The Hall–Kier alpha value is -2.47. The molecule has 0 aliphatic carbocycles. The zero-order valence-electron chi connectivity index (χ0n) is 13.2. The summed E-state index contributed by atoms with van der Waals surface area (Å²) in [6.07, 6.45) is 0. The third-order valence-corrected chi connectivity index (χ3v) is 3.43. The molecule has 0 aliphatic rings. The average Bonchev–Trinajstić information content (AvgIpc) is 2.60. The van der Waals surface area contributed by atoms with E-state index in [1.165, 1.54) is 13.0 Å². The number of rotatable bonds is 7. The molecule has 2 rings (SSSR count). The molecule has 2 aromatic carbocycles.